The largest absolute Gasteiger partial charge is 0.507 e. The first kappa shape index (κ1) is 19.8. The van der Waals surface area contributed by atoms with Crippen LogP contribution in [0.3, 0.4) is 0 Å². The van der Waals surface area contributed by atoms with Gasteiger partial charge in [-0.1, -0.05) is 44.2 Å². The van der Waals surface area contributed by atoms with E-state index in [1.807, 2.05) is 44.2 Å². The van der Waals surface area contributed by atoms with E-state index in [-0.39, 0.29) is 24.0 Å². The van der Waals surface area contributed by atoms with Crippen LogP contribution in [-0.2, 0) is 0 Å². The summed E-state index contributed by atoms with van der Waals surface area (Å²) in [5, 5.41) is 20.0. The number of phenols is 1. The molecule has 0 heterocycles. The van der Waals surface area contributed by atoms with Crippen molar-refractivity contribution in [2.75, 3.05) is 6.61 Å². The average molecular weight is 358 g/mol. The molecule has 0 saturated heterocycles. The molecule has 0 aliphatic carbocycles. The van der Waals surface area contributed by atoms with Gasteiger partial charge in [-0.2, -0.15) is 0 Å². The van der Waals surface area contributed by atoms with Gasteiger partial charge in [0.2, 0.25) is 0 Å². The molecule has 6 heteroatoms. The van der Waals surface area contributed by atoms with Gasteiger partial charge in [-0.15, -0.1) is 0 Å². The van der Waals surface area contributed by atoms with E-state index in [9.17, 15) is 15.0 Å². The van der Waals surface area contributed by atoms with Gasteiger partial charge in [-0.05, 0) is 30.2 Å². The number of hydrogen-bond donors (Lipinski definition) is 4. The normalized spacial score (nSPS) is 13.8. The summed E-state index contributed by atoms with van der Waals surface area (Å²) in [4.78, 5) is 11.3. The van der Waals surface area contributed by atoms with Crippen LogP contribution in [0.5, 0.6) is 11.5 Å². The number of benzene rings is 2. The lowest BCUT2D eigenvalue weighted by Crippen LogP contribution is -2.42. The molecule has 0 fully saturated rings. The van der Waals surface area contributed by atoms with Crippen molar-refractivity contribution in [2.45, 2.75) is 32.4 Å². The highest BCUT2D eigenvalue weighted by atomic mass is 16.5. The third-order valence-electron chi connectivity index (χ3n) is 4.51. The minimum absolute atomic E-state index is 0.00380. The average Bonchev–Trinajstić information content (AvgIpc) is 2.61. The lowest BCUT2D eigenvalue weighted by Gasteiger charge is -2.32. The van der Waals surface area contributed by atoms with Crippen LogP contribution in [0.15, 0.2) is 48.5 Å². The smallest absolute Gasteiger partial charge is 0.252 e. The molecule has 0 radical (unpaired) electrons. The minimum Gasteiger partial charge on any atom is -0.507 e. The predicted molar refractivity (Wildman–Crippen MR) is 99.9 cm³/mol. The van der Waals surface area contributed by atoms with E-state index in [2.05, 4.69) is 0 Å². The van der Waals surface area contributed by atoms with Crippen LogP contribution in [0.4, 0.5) is 0 Å². The molecule has 2 aromatic rings. The number of amides is 1. The molecule has 2 atom stereocenters. The molecule has 2 rings (SSSR count). The first-order valence-electron chi connectivity index (χ1n) is 8.45. The Morgan fingerprint density at radius 1 is 1.19 bits per heavy atom. The Hall–Kier alpha value is -2.57. The number of carbonyl (C=O) groups excluding carboxylic acids is 1. The highest BCUT2D eigenvalue weighted by molar-refractivity contribution is 5.95. The monoisotopic (exact) mass is 358 g/mol. The molecular weight excluding hydrogens is 332 g/mol. The van der Waals surface area contributed by atoms with Gasteiger partial charge in [0.25, 0.3) is 5.91 Å². The summed E-state index contributed by atoms with van der Waals surface area (Å²) in [5.74, 6) is -0.498. The molecule has 140 valence electrons. The maximum absolute atomic E-state index is 11.3. The number of rotatable bonds is 8. The molecule has 0 spiro atoms. The predicted octanol–water partition coefficient (Wildman–Crippen LogP) is 2.35. The van der Waals surface area contributed by atoms with E-state index in [0.717, 1.165) is 5.56 Å². The number of ether oxygens (including phenoxy) is 1. The standard InChI is InChI=1S/C20H26N2O4/c1-20(2,18(21)11-17(24)13-6-4-3-5-7-13)12-26-14-8-9-16(23)15(10-14)19(22)25/h3-10,17-18,23-24H,11-12,21H2,1-2H3,(H2,22,25). The highest BCUT2D eigenvalue weighted by Gasteiger charge is 2.29. The second-order valence-electron chi connectivity index (χ2n) is 7.09. The van der Waals surface area contributed by atoms with Crippen molar-refractivity contribution in [1.29, 1.82) is 0 Å². The number of hydrogen-bond acceptors (Lipinski definition) is 5. The number of primary amides is 1. The van der Waals surface area contributed by atoms with Gasteiger partial charge in [0.05, 0.1) is 18.3 Å². The summed E-state index contributed by atoms with van der Waals surface area (Å²) in [6, 6.07) is 13.4. The molecule has 0 aromatic heterocycles. The molecule has 0 aliphatic heterocycles. The second-order valence-corrected chi connectivity index (χ2v) is 7.09. The Bertz CT molecular complexity index is 747. The second kappa shape index (κ2) is 8.21. The third-order valence-corrected chi connectivity index (χ3v) is 4.51. The molecule has 26 heavy (non-hydrogen) atoms. The van der Waals surface area contributed by atoms with E-state index in [4.69, 9.17) is 16.2 Å². The molecule has 0 saturated carbocycles. The van der Waals surface area contributed by atoms with Gasteiger partial charge in [-0.25, -0.2) is 0 Å². The first-order valence-corrected chi connectivity index (χ1v) is 8.45. The third kappa shape index (κ3) is 4.97. The molecule has 2 unspecified atom stereocenters. The minimum atomic E-state index is -0.727. The van der Waals surface area contributed by atoms with Crippen LogP contribution in [-0.4, -0.2) is 28.8 Å². The SMILES string of the molecule is CC(C)(COc1ccc(O)c(C(N)=O)c1)C(N)CC(O)c1ccccc1. The van der Waals surface area contributed by atoms with Crippen molar-refractivity contribution in [1.82, 2.24) is 0 Å². The van der Waals surface area contributed by atoms with E-state index in [0.29, 0.717) is 12.2 Å². The van der Waals surface area contributed by atoms with Crippen LogP contribution >= 0.6 is 0 Å². The van der Waals surface area contributed by atoms with Crippen molar-refractivity contribution >= 4 is 5.91 Å². The summed E-state index contributed by atoms with van der Waals surface area (Å²) in [6.45, 7) is 4.17. The summed E-state index contributed by atoms with van der Waals surface area (Å²) in [5.41, 5.74) is 11.9. The van der Waals surface area contributed by atoms with Crippen LogP contribution in [0.25, 0.3) is 0 Å². The van der Waals surface area contributed by atoms with Gasteiger partial charge in [0.15, 0.2) is 0 Å². The quantitative estimate of drug-likeness (QED) is 0.577. The Kier molecular flexibility index (Phi) is 6.23. The molecule has 6 nitrogen and oxygen atoms in total. The van der Waals surface area contributed by atoms with E-state index in [1.54, 1.807) is 6.07 Å². The van der Waals surface area contributed by atoms with Gasteiger partial charge in [0, 0.05) is 11.5 Å². The Morgan fingerprint density at radius 3 is 2.46 bits per heavy atom. The van der Waals surface area contributed by atoms with Gasteiger partial charge in [0.1, 0.15) is 11.5 Å². The maximum Gasteiger partial charge on any atom is 0.252 e. The summed E-state index contributed by atoms with van der Waals surface area (Å²) < 4.78 is 5.74. The molecule has 0 bridgehead atoms. The van der Waals surface area contributed by atoms with E-state index < -0.39 is 17.4 Å². The van der Waals surface area contributed by atoms with Crippen molar-refractivity contribution in [2.24, 2.45) is 16.9 Å². The fourth-order valence-corrected chi connectivity index (χ4v) is 2.55. The Labute approximate surface area is 153 Å². The number of nitrogens with two attached hydrogens (primary N) is 2. The van der Waals surface area contributed by atoms with Crippen LogP contribution in [0.1, 0.15) is 42.3 Å². The summed E-state index contributed by atoms with van der Waals surface area (Å²) in [6.07, 6.45) is -0.261. The zero-order chi connectivity index (χ0) is 19.3. The van der Waals surface area contributed by atoms with Gasteiger partial charge < -0.3 is 26.4 Å². The van der Waals surface area contributed by atoms with E-state index in [1.165, 1.54) is 12.1 Å². The molecule has 6 N–H and O–H groups in total. The van der Waals surface area contributed by atoms with Crippen molar-refractivity contribution in [3.63, 3.8) is 0 Å². The van der Waals surface area contributed by atoms with Crippen molar-refractivity contribution in [3.05, 3.63) is 59.7 Å². The van der Waals surface area contributed by atoms with Crippen molar-refractivity contribution < 1.29 is 19.7 Å². The van der Waals surface area contributed by atoms with Crippen LogP contribution in [0.2, 0.25) is 0 Å². The topological polar surface area (TPSA) is 119 Å². The van der Waals surface area contributed by atoms with Gasteiger partial charge >= 0.3 is 0 Å². The maximum atomic E-state index is 11.3. The number of carbonyl (C=O) groups is 1. The Balaban J connectivity index is 1.99. The van der Waals surface area contributed by atoms with E-state index >= 15 is 0 Å². The number of aliphatic hydroxyl groups is 1. The fourth-order valence-electron chi connectivity index (χ4n) is 2.55. The first-order chi connectivity index (χ1) is 12.2. The molecule has 2 aromatic carbocycles. The summed E-state index contributed by atoms with van der Waals surface area (Å²) >= 11 is 0. The number of aromatic hydroxyl groups is 1. The lowest BCUT2D eigenvalue weighted by molar-refractivity contribution is 0.0962. The zero-order valence-corrected chi connectivity index (χ0v) is 15.1. The highest BCUT2D eigenvalue weighted by Crippen LogP contribution is 2.29. The number of aliphatic hydroxyl groups excluding tert-OH is 1. The van der Waals surface area contributed by atoms with Crippen LogP contribution in [0, 0.1) is 5.41 Å². The van der Waals surface area contributed by atoms with Crippen molar-refractivity contribution in [3.8, 4) is 11.5 Å². The molecule has 0 aliphatic rings. The van der Waals surface area contributed by atoms with Gasteiger partial charge in [-0.3, -0.25) is 4.79 Å². The fraction of sp³-hybridized carbons (Fsp3) is 0.350. The molecular formula is C20H26N2O4. The summed E-state index contributed by atoms with van der Waals surface area (Å²) in [7, 11) is 0. The lowest BCUT2D eigenvalue weighted by atomic mass is 9.82. The Morgan fingerprint density at radius 2 is 1.85 bits per heavy atom. The zero-order valence-electron chi connectivity index (χ0n) is 15.1. The molecule has 1 amide bonds. The van der Waals surface area contributed by atoms with Crippen LogP contribution < -0.4 is 16.2 Å².